The van der Waals surface area contributed by atoms with Crippen molar-refractivity contribution in [2.45, 2.75) is 44.4 Å². The lowest BCUT2D eigenvalue weighted by Crippen LogP contribution is -2.32. The molecule has 8 nitrogen and oxygen atoms in total. The third kappa shape index (κ3) is 5.17. The summed E-state index contributed by atoms with van der Waals surface area (Å²) in [5, 5.41) is 14.7. The Hall–Kier alpha value is -2.98. The van der Waals surface area contributed by atoms with Crippen molar-refractivity contribution in [1.82, 2.24) is 24.6 Å². The van der Waals surface area contributed by atoms with E-state index in [0.29, 0.717) is 28.9 Å². The van der Waals surface area contributed by atoms with Crippen molar-refractivity contribution in [3.05, 3.63) is 64.9 Å². The van der Waals surface area contributed by atoms with Crippen LogP contribution in [0.15, 0.2) is 47.5 Å². The van der Waals surface area contributed by atoms with Crippen molar-refractivity contribution in [2.75, 3.05) is 17.6 Å². The van der Waals surface area contributed by atoms with Crippen LogP contribution in [0.25, 0.3) is 0 Å². The van der Waals surface area contributed by atoms with E-state index in [9.17, 15) is 9.59 Å². The molecule has 0 radical (unpaired) electrons. The largest absolute Gasteiger partial charge is 0.328 e. The maximum atomic E-state index is 13.3. The number of hydrogen-bond donors (Lipinski definition) is 1. The first-order valence-electron chi connectivity index (χ1n) is 10.7. The molecule has 1 aromatic carbocycles. The number of amides is 2. The van der Waals surface area contributed by atoms with Gasteiger partial charge in [-0.2, -0.15) is 0 Å². The second-order valence-corrected chi connectivity index (χ2v) is 9.64. The molecule has 1 saturated heterocycles. The second kappa shape index (κ2) is 10.3. The van der Waals surface area contributed by atoms with Gasteiger partial charge in [0.05, 0.1) is 17.5 Å². The van der Waals surface area contributed by atoms with E-state index >= 15 is 0 Å². The lowest BCUT2D eigenvalue weighted by molar-refractivity contribution is -0.113. The third-order valence-electron chi connectivity index (χ3n) is 5.44. The fourth-order valence-corrected chi connectivity index (χ4v) is 5.36. The van der Waals surface area contributed by atoms with E-state index in [1.807, 2.05) is 53.0 Å². The van der Waals surface area contributed by atoms with Gasteiger partial charge in [0.2, 0.25) is 5.91 Å². The minimum Gasteiger partial charge on any atom is -0.328 e. The number of aryl methyl sites for hydroxylation is 2. The van der Waals surface area contributed by atoms with Gasteiger partial charge < -0.3 is 14.8 Å². The molecule has 0 bridgehead atoms. The van der Waals surface area contributed by atoms with E-state index < -0.39 is 0 Å². The Balaban J connectivity index is 1.50. The van der Waals surface area contributed by atoms with E-state index in [-0.39, 0.29) is 23.6 Å². The van der Waals surface area contributed by atoms with Crippen LogP contribution in [0, 0.1) is 13.8 Å². The third-order valence-corrected chi connectivity index (χ3v) is 7.28. The first kappa shape index (κ1) is 23.2. The molecule has 0 spiro atoms. The molecular formula is C23H26N6O2S2. The molecule has 3 heterocycles. The van der Waals surface area contributed by atoms with Gasteiger partial charge in [-0.3, -0.25) is 9.59 Å². The fourth-order valence-electron chi connectivity index (χ4n) is 3.90. The van der Waals surface area contributed by atoms with Crippen molar-refractivity contribution < 1.29 is 9.59 Å². The number of allylic oxidation sites excluding steroid dienone is 1. The number of nitrogens with one attached hydrogen (secondary N) is 1. The molecule has 10 heteroatoms. The molecule has 0 aliphatic carbocycles. The summed E-state index contributed by atoms with van der Waals surface area (Å²) in [6.07, 6.45) is 3.50. The Kier molecular flexibility index (Phi) is 7.24. The van der Waals surface area contributed by atoms with Crippen LogP contribution in [-0.2, 0) is 11.3 Å². The maximum absolute atomic E-state index is 13.3. The molecule has 172 valence electrons. The highest BCUT2D eigenvalue weighted by molar-refractivity contribution is 7.99. The number of rotatable bonds is 8. The molecule has 1 N–H and O–H groups in total. The number of likely N-dealkylation sites (tertiary alicyclic amines) is 1. The molecule has 0 saturated carbocycles. The number of thiazole rings is 1. The molecular weight excluding hydrogens is 456 g/mol. The van der Waals surface area contributed by atoms with Crippen LogP contribution in [0.5, 0.6) is 0 Å². The quantitative estimate of drug-likeness (QED) is 0.381. The highest BCUT2D eigenvalue weighted by atomic mass is 32.2. The van der Waals surface area contributed by atoms with Crippen molar-refractivity contribution in [3.63, 3.8) is 0 Å². The maximum Gasteiger partial charge on any atom is 0.254 e. The molecule has 1 fully saturated rings. The van der Waals surface area contributed by atoms with E-state index in [1.54, 1.807) is 6.08 Å². The minimum absolute atomic E-state index is 0.0103. The van der Waals surface area contributed by atoms with Gasteiger partial charge in [-0.05, 0) is 38.3 Å². The zero-order valence-corrected chi connectivity index (χ0v) is 20.3. The Morgan fingerprint density at radius 2 is 2.12 bits per heavy atom. The number of thioether (sulfide) groups is 1. The number of hydrogen-bond acceptors (Lipinski definition) is 7. The predicted molar refractivity (Wildman–Crippen MR) is 131 cm³/mol. The topological polar surface area (TPSA) is 93.0 Å². The van der Waals surface area contributed by atoms with Crippen LogP contribution in [0.1, 0.15) is 46.3 Å². The minimum atomic E-state index is -0.161. The first-order chi connectivity index (χ1) is 16.0. The van der Waals surface area contributed by atoms with Gasteiger partial charge in [-0.15, -0.1) is 28.1 Å². The number of anilines is 1. The Morgan fingerprint density at radius 3 is 2.85 bits per heavy atom. The van der Waals surface area contributed by atoms with Crippen LogP contribution >= 0.6 is 23.1 Å². The van der Waals surface area contributed by atoms with Crippen molar-refractivity contribution >= 4 is 40.0 Å². The summed E-state index contributed by atoms with van der Waals surface area (Å²) in [4.78, 5) is 31.8. The van der Waals surface area contributed by atoms with E-state index in [1.165, 1.54) is 23.1 Å². The van der Waals surface area contributed by atoms with Crippen LogP contribution < -0.4 is 5.32 Å². The van der Waals surface area contributed by atoms with Gasteiger partial charge in [0.1, 0.15) is 0 Å². The van der Waals surface area contributed by atoms with Gasteiger partial charge >= 0.3 is 0 Å². The summed E-state index contributed by atoms with van der Waals surface area (Å²) in [7, 11) is 0. The lowest BCUT2D eigenvalue weighted by Gasteiger charge is -2.25. The summed E-state index contributed by atoms with van der Waals surface area (Å²) in [6, 6.07) is 7.48. The van der Waals surface area contributed by atoms with Crippen LogP contribution in [0.2, 0.25) is 0 Å². The molecule has 3 aromatic rings. The predicted octanol–water partition coefficient (Wildman–Crippen LogP) is 4.25. The normalized spacial score (nSPS) is 15.6. The first-order valence-corrected chi connectivity index (χ1v) is 12.6. The van der Waals surface area contributed by atoms with Gasteiger partial charge in [0, 0.05) is 24.0 Å². The SMILES string of the molecule is C=CCn1c(SCC(=O)Nc2nc(C)cs2)nnc1C1CCCN1C(=O)c1ccccc1C. The van der Waals surface area contributed by atoms with Gasteiger partial charge in [-0.25, -0.2) is 4.98 Å². The monoisotopic (exact) mass is 482 g/mol. The Labute approximate surface area is 201 Å². The highest BCUT2D eigenvalue weighted by Crippen LogP contribution is 2.34. The summed E-state index contributed by atoms with van der Waals surface area (Å²) >= 11 is 2.71. The molecule has 1 unspecified atom stereocenters. The Bertz CT molecular complexity index is 1170. The van der Waals surface area contributed by atoms with Crippen LogP contribution in [0.4, 0.5) is 5.13 Å². The van der Waals surface area contributed by atoms with Crippen molar-refractivity contribution in [2.24, 2.45) is 0 Å². The standard InChI is InChI=1S/C23H26N6O2S2/c1-4-11-29-20(18-10-7-12-28(18)21(31)17-9-6-5-8-15(17)2)26-27-23(29)33-14-19(30)25-22-24-16(3)13-32-22/h4-6,8-9,13,18H,1,7,10-12,14H2,2-3H3,(H,24,25,30). The second-order valence-electron chi connectivity index (χ2n) is 7.84. The van der Waals surface area contributed by atoms with Gasteiger partial charge in [0.25, 0.3) is 5.91 Å². The Morgan fingerprint density at radius 1 is 1.30 bits per heavy atom. The zero-order valence-electron chi connectivity index (χ0n) is 18.7. The molecule has 1 atom stereocenters. The molecule has 33 heavy (non-hydrogen) atoms. The molecule has 1 aliphatic heterocycles. The molecule has 2 aromatic heterocycles. The average Bonchev–Trinajstić information content (AvgIpc) is 3.52. The van der Waals surface area contributed by atoms with E-state index in [2.05, 4.69) is 27.1 Å². The van der Waals surface area contributed by atoms with Gasteiger partial charge in [-0.1, -0.05) is 36.0 Å². The fraction of sp³-hybridized carbons (Fsp3) is 0.348. The van der Waals surface area contributed by atoms with E-state index in [4.69, 9.17) is 0 Å². The highest BCUT2D eigenvalue weighted by Gasteiger charge is 2.35. The van der Waals surface area contributed by atoms with E-state index in [0.717, 1.165) is 29.9 Å². The average molecular weight is 483 g/mol. The summed E-state index contributed by atoms with van der Waals surface area (Å²) < 4.78 is 1.95. The number of aromatic nitrogens is 4. The summed E-state index contributed by atoms with van der Waals surface area (Å²) in [6.45, 7) is 8.87. The van der Waals surface area contributed by atoms with Gasteiger partial charge in [0.15, 0.2) is 16.1 Å². The van der Waals surface area contributed by atoms with Crippen LogP contribution in [-0.4, -0.2) is 48.8 Å². The molecule has 2 amide bonds. The number of nitrogens with zero attached hydrogens (tertiary/aromatic N) is 5. The number of carbonyl (C=O) groups excluding carboxylic acids is 2. The van der Waals surface area contributed by atoms with Crippen LogP contribution in [0.3, 0.4) is 0 Å². The molecule has 1 aliphatic rings. The zero-order chi connectivity index (χ0) is 23.4. The lowest BCUT2D eigenvalue weighted by atomic mass is 10.1. The number of benzene rings is 1. The van der Waals surface area contributed by atoms with Crippen molar-refractivity contribution in [3.8, 4) is 0 Å². The summed E-state index contributed by atoms with van der Waals surface area (Å²) in [5.41, 5.74) is 2.54. The van der Waals surface area contributed by atoms with Crippen molar-refractivity contribution in [1.29, 1.82) is 0 Å². The number of carbonyl (C=O) groups is 2. The molecule has 4 rings (SSSR count). The summed E-state index contributed by atoms with van der Waals surface area (Å²) in [5.74, 6) is 0.773. The smallest absolute Gasteiger partial charge is 0.254 e.